The number of rotatable bonds is 8. The van der Waals surface area contributed by atoms with E-state index in [1.807, 2.05) is 0 Å². The molecular formula is C18H38N2O. The van der Waals surface area contributed by atoms with Crippen LogP contribution in [-0.4, -0.2) is 48.8 Å². The Kier molecular flexibility index (Phi) is 6.70. The zero-order chi connectivity index (χ0) is 16.1. The first-order valence-corrected chi connectivity index (χ1v) is 8.81. The highest BCUT2D eigenvalue weighted by Gasteiger charge is 2.40. The molecule has 0 saturated carbocycles. The number of morpholine rings is 1. The Balaban J connectivity index is 2.73. The van der Waals surface area contributed by atoms with Crippen molar-refractivity contribution in [3.05, 3.63) is 0 Å². The molecule has 21 heavy (non-hydrogen) atoms. The van der Waals surface area contributed by atoms with Crippen molar-refractivity contribution in [3.63, 3.8) is 0 Å². The second-order valence-electron chi connectivity index (χ2n) is 8.15. The Hall–Kier alpha value is -0.120. The molecule has 126 valence electrons. The fourth-order valence-corrected chi connectivity index (χ4v) is 3.84. The van der Waals surface area contributed by atoms with Gasteiger partial charge in [0.25, 0.3) is 0 Å². The molecule has 1 rings (SSSR count). The van der Waals surface area contributed by atoms with Gasteiger partial charge in [0.1, 0.15) is 0 Å². The highest BCUT2D eigenvalue weighted by Crippen LogP contribution is 2.33. The van der Waals surface area contributed by atoms with Crippen LogP contribution in [0, 0.1) is 5.41 Å². The van der Waals surface area contributed by atoms with E-state index >= 15 is 0 Å². The van der Waals surface area contributed by atoms with Gasteiger partial charge in [-0.15, -0.1) is 0 Å². The van der Waals surface area contributed by atoms with Crippen molar-refractivity contribution in [1.82, 2.24) is 10.2 Å². The normalized spacial score (nSPS) is 22.4. The maximum atomic E-state index is 6.21. The smallest absolute Gasteiger partial charge is 0.0760 e. The molecule has 1 fully saturated rings. The molecule has 1 aliphatic rings. The van der Waals surface area contributed by atoms with Gasteiger partial charge in [-0.3, -0.25) is 4.90 Å². The topological polar surface area (TPSA) is 24.5 Å². The molecule has 0 bridgehead atoms. The zero-order valence-corrected chi connectivity index (χ0v) is 15.5. The number of hydrogen-bond donors (Lipinski definition) is 1. The van der Waals surface area contributed by atoms with Crippen LogP contribution in [0.3, 0.4) is 0 Å². The molecule has 0 aliphatic carbocycles. The fraction of sp³-hybridized carbons (Fsp3) is 1.00. The average Bonchev–Trinajstić information content (AvgIpc) is 2.34. The SMILES string of the molecule is CCCNCC(CC)(CC)CN1CC(C)(C)OC(C)(C)C1. The predicted molar refractivity (Wildman–Crippen MR) is 91.9 cm³/mol. The maximum Gasteiger partial charge on any atom is 0.0760 e. The standard InChI is InChI=1S/C18H38N2O/c1-8-11-19-12-18(9-2,10-3)15-20-13-16(4,5)21-17(6,7)14-20/h19H,8-15H2,1-7H3. The lowest BCUT2D eigenvalue weighted by Gasteiger charge is -2.50. The van der Waals surface area contributed by atoms with Crippen LogP contribution in [0.4, 0.5) is 0 Å². The van der Waals surface area contributed by atoms with Gasteiger partial charge in [0.15, 0.2) is 0 Å². The molecule has 0 amide bonds. The minimum atomic E-state index is -0.0498. The van der Waals surface area contributed by atoms with Gasteiger partial charge < -0.3 is 10.1 Å². The zero-order valence-electron chi connectivity index (χ0n) is 15.5. The van der Waals surface area contributed by atoms with Gasteiger partial charge in [-0.2, -0.15) is 0 Å². The molecule has 1 heterocycles. The van der Waals surface area contributed by atoms with Crippen molar-refractivity contribution in [1.29, 1.82) is 0 Å². The van der Waals surface area contributed by atoms with Gasteiger partial charge in [0.05, 0.1) is 11.2 Å². The summed E-state index contributed by atoms with van der Waals surface area (Å²) in [5.41, 5.74) is 0.288. The van der Waals surface area contributed by atoms with E-state index in [1.165, 1.54) is 25.8 Å². The summed E-state index contributed by atoms with van der Waals surface area (Å²) < 4.78 is 6.21. The Bertz CT molecular complexity index is 292. The Morgan fingerprint density at radius 3 is 1.95 bits per heavy atom. The summed E-state index contributed by atoms with van der Waals surface area (Å²) in [5.74, 6) is 0. The molecule has 3 heteroatoms. The first-order valence-electron chi connectivity index (χ1n) is 8.81. The van der Waals surface area contributed by atoms with Crippen molar-refractivity contribution in [3.8, 4) is 0 Å². The van der Waals surface area contributed by atoms with E-state index in [1.54, 1.807) is 0 Å². The lowest BCUT2D eigenvalue weighted by Crippen LogP contribution is -2.59. The van der Waals surface area contributed by atoms with Gasteiger partial charge in [-0.25, -0.2) is 0 Å². The third-order valence-electron chi connectivity index (χ3n) is 4.75. The highest BCUT2D eigenvalue weighted by molar-refractivity contribution is 4.92. The number of nitrogens with zero attached hydrogens (tertiary/aromatic N) is 1. The average molecular weight is 299 g/mol. The van der Waals surface area contributed by atoms with E-state index in [9.17, 15) is 0 Å². The molecule has 0 radical (unpaired) electrons. The largest absolute Gasteiger partial charge is 0.367 e. The van der Waals surface area contributed by atoms with Crippen LogP contribution in [-0.2, 0) is 4.74 Å². The Morgan fingerprint density at radius 1 is 1.00 bits per heavy atom. The second kappa shape index (κ2) is 7.43. The number of hydrogen-bond acceptors (Lipinski definition) is 3. The van der Waals surface area contributed by atoms with Crippen LogP contribution in [0.2, 0.25) is 0 Å². The monoisotopic (exact) mass is 298 g/mol. The van der Waals surface area contributed by atoms with Gasteiger partial charge in [-0.1, -0.05) is 20.8 Å². The molecule has 1 N–H and O–H groups in total. The Labute approximate surface area is 132 Å². The molecule has 0 aromatic carbocycles. The molecule has 0 spiro atoms. The second-order valence-corrected chi connectivity index (χ2v) is 8.15. The molecule has 1 saturated heterocycles. The molecule has 0 aromatic rings. The molecule has 3 nitrogen and oxygen atoms in total. The lowest BCUT2D eigenvalue weighted by atomic mass is 9.80. The van der Waals surface area contributed by atoms with E-state index in [0.29, 0.717) is 5.41 Å². The van der Waals surface area contributed by atoms with Gasteiger partial charge in [0, 0.05) is 26.2 Å². The summed E-state index contributed by atoms with van der Waals surface area (Å²) in [5, 5.41) is 3.65. The van der Waals surface area contributed by atoms with E-state index in [2.05, 4.69) is 58.7 Å². The summed E-state index contributed by atoms with van der Waals surface area (Å²) in [4.78, 5) is 2.63. The van der Waals surface area contributed by atoms with E-state index in [-0.39, 0.29) is 11.2 Å². The Morgan fingerprint density at radius 2 is 1.52 bits per heavy atom. The van der Waals surface area contributed by atoms with E-state index < -0.39 is 0 Å². The third-order valence-corrected chi connectivity index (χ3v) is 4.75. The highest BCUT2D eigenvalue weighted by atomic mass is 16.5. The van der Waals surface area contributed by atoms with Crippen molar-refractivity contribution >= 4 is 0 Å². The predicted octanol–water partition coefficient (Wildman–Crippen LogP) is 3.68. The third kappa shape index (κ3) is 5.88. The summed E-state index contributed by atoms with van der Waals surface area (Å²) in [6, 6.07) is 0. The molecule has 1 aliphatic heterocycles. The maximum absolute atomic E-state index is 6.21. The molecule has 0 unspecified atom stereocenters. The lowest BCUT2D eigenvalue weighted by molar-refractivity contribution is -0.185. The number of ether oxygens (including phenoxy) is 1. The summed E-state index contributed by atoms with van der Waals surface area (Å²) in [6.45, 7) is 21.3. The van der Waals surface area contributed by atoms with Crippen molar-refractivity contribution in [2.45, 2.75) is 78.9 Å². The minimum Gasteiger partial charge on any atom is -0.367 e. The van der Waals surface area contributed by atoms with Crippen molar-refractivity contribution < 1.29 is 4.74 Å². The minimum absolute atomic E-state index is 0.0498. The van der Waals surface area contributed by atoms with E-state index in [4.69, 9.17) is 4.74 Å². The molecule has 0 aromatic heterocycles. The summed E-state index contributed by atoms with van der Waals surface area (Å²) >= 11 is 0. The fourth-order valence-electron chi connectivity index (χ4n) is 3.84. The van der Waals surface area contributed by atoms with Gasteiger partial charge in [0.2, 0.25) is 0 Å². The quantitative estimate of drug-likeness (QED) is 0.692. The molecule has 0 atom stereocenters. The van der Waals surface area contributed by atoms with Crippen LogP contribution in [0.25, 0.3) is 0 Å². The number of nitrogens with one attached hydrogen (secondary N) is 1. The van der Waals surface area contributed by atoms with Crippen LogP contribution in [0.15, 0.2) is 0 Å². The van der Waals surface area contributed by atoms with Crippen LogP contribution in [0.5, 0.6) is 0 Å². The van der Waals surface area contributed by atoms with Crippen LogP contribution >= 0.6 is 0 Å². The van der Waals surface area contributed by atoms with Crippen molar-refractivity contribution in [2.75, 3.05) is 32.7 Å². The van der Waals surface area contributed by atoms with Gasteiger partial charge in [-0.05, 0) is 58.9 Å². The van der Waals surface area contributed by atoms with E-state index in [0.717, 1.165) is 26.2 Å². The van der Waals surface area contributed by atoms with Gasteiger partial charge >= 0.3 is 0 Å². The van der Waals surface area contributed by atoms with Crippen LogP contribution in [0.1, 0.15) is 67.7 Å². The van der Waals surface area contributed by atoms with Crippen LogP contribution < -0.4 is 5.32 Å². The summed E-state index contributed by atoms with van der Waals surface area (Å²) in [6.07, 6.45) is 3.68. The molecular weight excluding hydrogens is 260 g/mol. The summed E-state index contributed by atoms with van der Waals surface area (Å²) in [7, 11) is 0. The first kappa shape index (κ1) is 18.9. The van der Waals surface area contributed by atoms with Crippen molar-refractivity contribution in [2.24, 2.45) is 5.41 Å². The first-order chi connectivity index (χ1) is 9.67.